The van der Waals surface area contributed by atoms with E-state index in [1.54, 1.807) is 7.11 Å². The van der Waals surface area contributed by atoms with Crippen LogP contribution in [-0.2, 0) is 11.3 Å². The van der Waals surface area contributed by atoms with Crippen LogP contribution < -0.4 is 0 Å². The van der Waals surface area contributed by atoms with Crippen molar-refractivity contribution in [2.24, 2.45) is 0 Å². The van der Waals surface area contributed by atoms with Gasteiger partial charge in [-0.1, -0.05) is 29.8 Å². The molecule has 0 amide bonds. The molecule has 1 N–H and O–H groups in total. The fraction of sp³-hybridized carbons (Fsp3) is 0.273. The van der Waals surface area contributed by atoms with Gasteiger partial charge in [-0.15, -0.1) is 0 Å². The van der Waals surface area contributed by atoms with Crippen LogP contribution in [-0.4, -0.2) is 22.3 Å². The molecule has 4 heteroatoms. The maximum atomic E-state index is 4.96. The highest BCUT2D eigenvalue weighted by atomic mass is 16.5. The zero-order valence-corrected chi connectivity index (χ0v) is 8.82. The lowest BCUT2D eigenvalue weighted by Gasteiger charge is -1.95. The van der Waals surface area contributed by atoms with Crippen molar-refractivity contribution in [1.29, 1.82) is 0 Å². The molecule has 0 aliphatic carbocycles. The van der Waals surface area contributed by atoms with E-state index in [2.05, 4.69) is 22.1 Å². The summed E-state index contributed by atoms with van der Waals surface area (Å²) in [5.41, 5.74) is 2.24. The number of ether oxygens (including phenoxy) is 1. The summed E-state index contributed by atoms with van der Waals surface area (Å²) in [6.07, 6.45) is 0. The summed E-state index contributed by atoms with van der Waals surface area (Å²) in [5.74, 6) is 1.45. The second-order valence-electron chi connectivity index (χ2n) is 3.40. The third-order valence-electron chi connectivity index (χ3n) is 2.12. The fourth-order valence-electron chi connectivity index (χ4n) is 1.33. The number of nitrogens with one attached hydrogen (secondary N) is 1. The van der Waals surface area contributed by atoms with Crippen LogP contribution in [0.3, 0.4) is 0 Å². The number of rotatable bonds is 3. The van der Waals surface area contributed by atoms with Crippen molar-refractivity contribution >= 4 is 0 Å². The number of H-pyrrole nitrogens is 1. The van der Waals surface area contributed by atoms with Gasteiger partial charge in [0.05, 0.1) is 0 Å². The topological polar surface area (TPSA) is 50.8 Å². The van der Waals surface area contributed by atoms with Gasteiger partial charge in [0.1, 0.15) is 6.61 Å². The van der Waals surface area contributed by atoms with E-state index in [0.717, 1.165) is 11.4 Å². The van der Waals surface area contributed by atoms with E-state index < -0.39 is 0 Å². The van der Waals surface area contributed by atoms with Crippen LogP contribution >= 0.6 is 0 Å². The predicted molar refractivity (Wildman–Crippen MR) is 57.3 cm³/mol. The van der Waals surface area contributed by atoms with Crippen LogP contribution in [0.15, 0.2) is 24.3 Å². The molecule has 0 bridgehead atoms. The Hall–Kier alpha value is -1.68. The number of aryl methyl sites for hydroxylation is 1. The molecule has 0 aliphatic heterocycles. The third-order valence-corrected chi connectivity index (χ3v) is 2.12. The van der Waals surface area contributed by atoms with Crippen LogP contribution in [0.5, 0.6) is 0 Å². The van der Waals surface area contributed by atoms with Gasteiger partial charge in [-0.3, -0.25) is 5.10 Å². The van der Waals surface area contributed by atoms with Crippen LogP contribution in [0.4, 0.5) is 0 Å². The number of hydrogen-bond acceptors (Lipinski definition) is 3. The Labute approximate surface area is 88.3 Å². The highest BCUT2D eigenvalue weighted by Crippen LogP contribution is 2.15. The highest BCUT2D eigenvalue weighted by molar-refractivity contribution is 5.54. The summed E-state index contributed by atoms with van der Waals surface area (Å²) in [6, 6.07) is 8.10. The number of aromatic nitrogens is 3. The minimum atomic E-state index is 0.457. The molecule has 2 aromatic rings. The summed E-state index contributed by atoms with van der Waals surface area (Å²) in [6.45, 7) is 2.51. The summed E-state index contributed by atoms with van der Waals surface area (Å²) >= 11 is 0. The molecule has 2 rings (SSSR count). The van der Waals surface area contributed by atoms with Crippen molar-refractivity contribution in [1.82, 2.24) is 15.2 Å². The van der Waals surface area contributed by atoms with E-state index in [9.17, 15) is 0 Å². The second-order valence-corrected chi connectivity index (χ2v) is 3.40. The number of aromatic amines is 1. The first kappa shape index (κ1) is 9.86. The van der Waals surface area contributed by atoms with Gasteiger partial charge in [0.25, 0.3) is 0 Å². The van der Waals surface area contributed by atoms with Crippen molar-refractivity contribution in [2.45, 2.75) is 13.5 Å². The number of benzene rings is 1. The number of hydrogen-bond donors (Lipinski definition) is 1. The standard InChI is InChI=1S/C11H13N3O/c1-8-3-5-9(6-4-8)11-12-10(7-15-2)13-14-11/h3-6H,7H2,1-2H3,(H,12,13,14). The molecule has 0 atom stereocenters. The molecular formula is C11H13N3O. The second kappa shape index (κ2) is 4.23. The molecule has 1 aromatic carbocycles. The fourth-order valence-corrected chi connectivity index (χ4v) is 1.33. The van der Waals surface area contributed by atoms with Crippen LogP contribution in [0, 0.1) is 6.92 Å². The lowest BCUT2D eigenvalue weighted by molar-refractivity contribution is 0.178. The van der Waals surface area contributed by atoms with Crippen molar-refractivity contribution < 1.29 is 4.74 Å². The Kier molecular flexibility index (Phi) is 2.78. The molecule has 1 aromatic heterocycles. The quantitative estimate of drug-likeness (QED) is 0.829. The van der Waals surface area contributed by atoms with Gasteiger partial charge in [0, 0.05) is 12.7 Å². The zero-order chi connectivity index (χ0) is 10.7. The average molecular weight is 203 g/mol. The van der Waals surface area contributed by atoms with Crippen molar-refractivity contribution in [2.75, 3.05) is 7.11 Å². The van der Waals surface area contributed by atoms with Gasteiger partial charge in [0.2, 0.25) is 0 Å². The lowest BCUT2D eigenvalue weighted by atomic mass is 10.1. The van der Waals surface area contributed by atoms with Gasteiger partial charge in [-0.2, -0.15) is 5.10 Å². The molecule has 0 spiro atoms. The first-order valence-corrected chi connectivity index (χ1v) is 4.77. The molecule has 4 nitrogen and oxygen atoms in total. The van der Waals surface area contributed by atoms with Gasteiger partial charge in [-0.25, -0.2) is 4.98 Å². The normalized spacial score (nSPS) is 10.5. The minimum absolute atomic E-state index is 0.457. The van der Waals surface area contributed by atoms with E-state index in [4.69, 9.17) is 4.74 Å². The Morgan fingerprint density at radius 2 is 2.00 bits per heavy atom. The summed E-state index contributed by atoms with van der Waals surface area (Å²) in [7, 11) is 1.63. The molecule has 78 valence electrons. The first-order valence-electron chi connectivity index (χ1n) is 4.77. The monoisotopic (exact) mass is 203 g/mol. The highest BCUT2D eigenvalue weighted by Gasteiger charge is 2.04. The molecular weight excluding hydrogens is 190 g/mol. The minimum Gasteiger partial charge on any atom is -0.377 e. The van der Waals surface area contributed by atoms with E-state index in [-0.39, 0.29) is 0 Å². The molecule has 0 saturated heterocycles. The predicted octanol–water partition coefficient (Wildman–Crippen LogP) is 1.93. The van der Waals surface area contributed by atoms with E-state index in [1.807, 2.05) is 24.3 Å². The Bertz CT molecular complexity index is 433. The summed E-state index contributed by atoms with van der Waals surface area (Å²) in [4.78, 5) is 4.31. The number of nitrogens with zero attached hydrogens (tertiary/aromatic N) is 2. The molecule has 0 unspecified atom stereocenters. The maximum absolute atomic E-state index is 4.96. The number of methoxy groups -OCH3 is 1. The van der Waals surface area contributed by atoms with E-state index in [1.165, 1.54) is 5.56 Å². The summed E-state index contributed by atoms with van der Waals surface area (Å²) < 4.78 is 4.96. The van der Waals surface area contributed by atoms with Crippen LogP contribution in [0.25, 0.3) is 11.4 Å². The van der Waals surface area contributed by atoms with Gasteiger partial charge in [-0.05, 0) is 6.92 Å². The molecule has 15 heavy (non-hydrogen) atoms. The lowest BCUT2D eigenvalue weighted by Crippen LogP contribution is -1.89. The molecule has 0 saturated carbocycles. The molecule has 1 heterocycles. The Morgan fingerprint density at radius 1 is 1.27 bits per heavy atom. The first-order chi connectivity index (χ1) is 7.29. The van der Waals surface area contributed by atoms with Crippen LogP contribution in [0.2, 0.25) is 0 Å². The SMILES string of the molecule is COCc1nc(-c2ccc(C)cc2)n[nH]1. The van der Waals surface area contributed by atoms with Gasteiger partial charge < -0.3 is 4.74 Å². The van der Waals surface area contributed by atoms with Crippen LogP contribution in [0.1, 0.15) is 11.4 Å². The van der Waals surface area contributed by atoms with E-state index >= 15 is 0 Å². The van der Waals surface area contributed by atoms with E-state index in [0.29, 0.717) is 12.4 Å². The Morgan fingerprint density at radius 3 is 2.67 bits per heavy atom. The van der Waals surface area contributed by atoms with Crippen molar-refractivity contribution in [3.8, 4) is 11.4 Å². The summed E-state index contributed by atoms with van der Waals surface area (Å²) in [5, 5.41) is 6.95. The molecule has 0 fully saturated rings. The smallest absolute Gasteiger partial charge is 0.181 e. The average Bonchev–Trinajstić information content (AvgIpc) is 2.68. The van der Waals surface area contributed by atoms with Crippen molar-refractivity contribution in [3.05, 3.63) is 35.7 Å². The third kappa shape index (κ3) is 2.22. The molecule has 0 aliphatic rings. The maximum Gasteiger partial charge on any atom is 0.181 e. The van der Waals surface area contributed by atoms with Gasteiger partial charge >= 0.3 is 0 Å². The van der Waals surface area contributed by atoms with Crippen molar-refractivity contribution in [3.63, 3.8) is 0 Å². The molecule has 0 radical (unpaired) electrons. The zero-order valence-electron chi connectivity index (χ0n) is 8.82. The largest absolute Gasteiger partial charge is 0.377 e. The van der Waals surface area contributed by atoms with Gasteiger partial charge in [0.15, 0.2) is 11.6 Å². The Balaban J connectivity index is 2.25.